The van der Waals surface area contributed by atoms with Gasteiger partial charge in [0.2, 0.25) is 0 Å². The average Bonchev–Trinajstić information content (AvgIpc) is 3.01. The summed E-state index contributed by atoms with van der Waals surface area (Å²) in [6.45, 7) is 11.7. The van der Waals surface area contributed by atoms with Gasteiger partial charge in [0.1, 0.15) is 0 Å². The summed E-state index contributed by atoms with van der Waals surface area (Å²) in [5, 5.41) is 0.643. The van der Waals surface area contributed by atoms with E-state index in [0.29, 0.717) is 51.0 Å². The lowest BCUT2D eigenvalue weighted by atomic mass is 10.0. The lowest BCUT2D eigenvalue weighted by Gasteiger charge is -2.16. The molecule has 0 aliphatic carbocycles. The van der Waals surface area contributed by atoms with E-state index >= 15 is 0 Å². The first kappa shape index (κ1) is 23.0. The summed E-state index contributed by atoms with van der Waals surface area (Å²) in [5.74, 6) is 0.255. The number of Topliss-reactive ketones (excluding diaryl/α,β-unsaturated/α-hetero) is 2. The molecule has 6 nitrogen and oxygen atoms in total. The van der Waals surface area contributed by atoms with Crippen molar-refractivity contribution in [3.05, 3.63) is 57.1 Å². The zero-order valence-electron chi connectivity index (χ0n) is 18.9. The second-order valence-corrected chi connectivity index (χ2v) is 9.66. The number of hydrogen-bond donors (Lipinski definition) is 1. The number of ketones is 2. The van der Waals surface area contributed by atoms with Crippen molar-refractivity contribution >= 4 is 34.2 Å². The molecule has 0 saturated carbocycles. The van der Waals surface area contributed by atoms with Crippen molar-refractivity contribution in [1.29, 1.82) is 0 Å². The Hall–Kier alpha value is -2.67. The fourth-order valence-corrected chi connectivity index (χ4v) is 4.76. The maximum absolute atomic E-state index is 13.2. The first-order valence-corrected chi connectivity index (χ1v) is 11.4. The third-order valence-electron chi connectivity index (χ3n) is 5.44. The molecule has 0 bridgehead atoms. The fourth-order valence-electron chi connectivity index (χ4n) is 3.76. The van der Waals surface area contributed by atoms with Gasteiger partial charge in [-0.2, -0.15) is 0 Å². The molecule has 0 fully saturated rings. The molecule has 31 heavy (non-hydrogen) atoms. The normalized spacial score (nSPS) is 12.5. The van der Waals surface area contributed by atoms with Gasteiger partial charge >= 0.3 is 0 Å². The van der Waals surface area contributed by atoms with E-state index in [1.54, 1.807) is 24.5 Å². The molecule has 2 heterocycles. The lowest BCUT2D eigenvalue weighted by molar-refractivity contribution is 0.0988. The lowest BCUT2D eigenvalue weighted by Crippen LogP contribution is -2.26. The van der Waals surface area contributed by atoms with Crippen molar-refractivity contribution in [2.45, 2.75) is 64.9 Å². The summed E-state index contributed by atoms with van der Waals surface area (Å²) in [6, 6.07) is 7.29. The van der Waals surface area contributed by atoms with E-state index in [-0.39, 0.29) is 17.1 Å². The third-order valence-corrected chi connectivity index (χ3v) is 6.53. The predicted molar refractivity (Wildman–Crippen MR) is 125 cm³/mol. The van der Waals surface area contributed by atoms with Crippen LogP contribution >= 0.6 is 11.8 Å². The van der Waals surface area contributed by atoms with Crippen molar-refractivity contribution < 1.29 is 9.59 Å². The monoisotopic (exact) mass is 439 g/mol. The quantitative estimate of drug-likeness (QED) is 0.305. The number of carbonyl (C=O) groups excluding carboxylic acids is 2. The van der Waals surface area contributed by atoms with Crippen molar-refractivity contribution in [3.8, 4) is 0 Å². The molecule has 0 amide bonds. The topological polar surface area (TPSA) is 84.8 Å². The van der Waals surface area contributed by atoms with Crippen LogP contribution in [0.5, 0.6) is 0 Å². The minimum Gasteiger partial charge on any atom is -0.355 e. The highest BCUT2D eigenvalue weighted by Crippen LogP contribution is 2.28. The second kappa shape index (κ2) is 9.22. The predicted octanol–water partition coefficient (Wildman–Crippen LogP) is 4.95. The molecule has 7 heteroatoms. The van der Waals surface area contributed by atoms with Gasteiger partial charge in [-0.1, -0.05) is 37.7 Å². The molecule has 1 atom stereocenters. The van der Waals surface area contributed by atoms with Crippen LogP contribution in [0.2, 0.25) is 0 Å². The number of carbonyl (C=O) groups is 2. The molecule has 0 aliphatic rings. The smallest absolute Gasteiger partial charge is 0.262 e. The van der Waals surface area contributed by atoms with Crippen LogP contribution in [0, 0.1) is 19.8 Å². The fraction of sp³-hybridized carbons (Fsp3) is 0.417. The number of thioether (sulfide) groups is 1. The number of benzene rings is 1. The van der Waals surface area contributed by atoms with E-state index in [1.807, 2.05) is 25.1 Å². The van der Waals surface area contributed by atoms with Gasteiger partial charge < -0.3 is 4.98 Å². The first-order valence-electron chi connectivity index (χ1n) is 10.5. The molecule has 3 aromatic rings. The summed E-state index contributed by atoms with van der Waals surface area (Å²) in [4.78, 5) is 46.1. The number of aryl methyl sites for hydroxylation is 1. The van der Waals surface area contributed by atoms with Crippen molar-refractivity contribution in [3.63, 3.8) is 0 Å². The van der Waals surface area contributed by atoms with E-state index in [0.717, 1.165) is 6.42 Å². The van der Waals surface area contributed by atoms with Gasteiger partial charge in [0.25, 0.3) is 5.56 Å². The number of para-hydroxylation sites is 1. The molecule has 1 N–H and O–H groups in total. The number of nitrogens with zero attached hydrogens (tertiary/aromatic N) is 2. The molecule has 2 aromatic heterocycles. The van der Waals surface area contributed by atoms with Gasteiger partial charge in [-0.05, 0) is 57.7 Å². The second-order valence-electron chi connectivity index (χ2n) is 8.36. The number of fused-ring (bicyclic) bond motifs is 1. The highest BCUT2D eigenvalue weighted by molar-refractivity contribution is 8.00. The molecular formula is C24H29N3O3S. The number of rotatable bonds is 8. The molecule has 0 radical (unpaired) electrons. The van der Waals surface area contributed by atoms with Crippen molar-refractivity contribution in [1.82, 2.24) is 14.5 Å². The first-order chi connectivity index (χ1) is 14.6. The number of H-pyrrole nitrogens is 1. The van der Waals surface area contributed by atoms with E-state index in [9.17, 15) is 14.4 Å². The summed E-state index contributed by atoms with van der Waals surface area (Å²) >= 11 is 1.28. The Morgan fingerprint density at radius 3 is 2.45 bits per heavy atom. The van der Waals surface area contributed by atoms with Gasteiger partial charge in [-0.3, -0.25) is 19.0 Å². The highest BCUT2D eigenvalue weighted by Gasteiger charge is 2.26. The minimum atomic E-state index is -0.477. The number of aromatic amines is 1. The van der Waals surface area contributed by atoms with Crippen molar-refractivity contribution in [2.24, 2.45) is 5.92 Å². The summed E-state index contributed by atoms with van der Waals surface area (Å²) < 4.78 is 1.69. The van der Waals surface area contributed by atoms with Crippen LogP contribution in [-0.2, 0) is 6.54 Å². The van der Waals surface area contributed by atoms with Gasteiger partial charge in [-0.15, -0.1) is 0 Å². The van der Waals surface area contributed by atoms with Crippen LogP contribution in [0.4, 0.5) is 0 Å². The van der Waals surface area contributed by atoms with Crippen LogP contribution in [0.25, 0.3) is 10.9 Å². The molecule has 0 saturated heterocycles. The molecule has 3 rings (SSSR count). The highest BCUT2D eigenvalue weighted by atomic mass is 32.2. The minimum absolute atomic E-state index is 0.0654. The standard InChI is InChI=1S/C24H29N3O3S/c1-13(2)11-12-27-23(30)18-9-7-8-10-19(18)26-24(27)31-17(6)22(29)21-14(3)20(16(5)28)15(4)25-21/h7-10,13,17,25H,11-12H2,1-6H3. The van der Waals surface area contributed by atoms with Crippen LogP contribution < -0.4 is 5.56 Å². The van der Waals surface area contributed by atoms with Crippen LogP contribution in [0.1, 0.15) is 66.2 Å². The molecule has 0 spiro atoms. The maximum Gasteiger partial charge on any atom is 0.262 e. The molecule has 1 aromatic carbocycles. The van der Waals surface area contributed by atoms with Crippen LogP contribution in [-0.4, -0.2) is 31.4 Å². The Morgan fingerprint density at radius 2 is 1.84 bits per heavy atom. The number of hydrogen-bond acceptors (Lipinski definition) is 5. The largest absolute Gasteiger partial charge is 0.355 e. The maximum atomic E-state index is 13.2. The van der Waals surface area contributed by atoms with Gasteiger partial charge in [0, 0.05) is 17.8 Å². The summed E-state index contributed by atoms with van der Waals surface area (Å²) in [7, 11) is 0. The average molecular weight is 440 g/mol. The molecule has 164 valence electrons. The van der Waals surface area contributed by atoms with E-state index in [4.69, 9.17) is 4.98 Å². The Bertz CT molecular complexity index is 1210. The molecule has 1 unspecified atom stereocenters. The van der Waals surface area contributed by atoms with E-state index in [2.05, 4.69) is 18.8 Å². The van der Waals surface area contributed by atoms with Gasteiger partial charge in [0.15, 0.2) is 16.7 Å². The zero-order chi connectivity index (χ0) is 22.9. The van der Waals surface area contributed by atoms with Crippen LogP contribution in [0.15, 0.2) is 34.2 Å². The third kappa shape index (κ3) is 4.66. The van der Waals surface area contributed by atoms with Crippen LogP contribution in [0.3, 0.4) is 0 Å². The zero-order valence-corrected chi connectivity index (χ0v) is 19.7. The number of nitrogens with one attached hydrogen (secondary N) is 1. The molecule has 0 aliphatic heterocycles. The van der Waals surface area contributed by atoms with Gasteiger partial charge in [0.05, 0.1) is 21.8 Å². The van der Waals surface area contributed by atoms with Crippen molar-refractivity contribution in [2.75, 3.05) is 0 Å². The number of aromatic nitrogens is 3. The Balaban J connectivity index is 1.99. The Morgan fingerprint density at radius 1 is 1.16 bits per heavy atom. The van der Waals surface area contributed by atoms with E-state index < -0.39 is 5.25 Å². The van der Waals surface area contributed by atoms with E-state index in [1.165, 1.54) is 18.7 Å². The molecular weight excluding hydrogens is 410 g/mol. The Labute approximate surface area is 186 Å². The Kier molecular flexibility index (Phi) is 6.84. The SMILES string of the molecule is CC(=O)c1c(C)[nH]c(C(=O)C(C)Sc2nc3ccccc3c(=O)n2CCC(C)C)c1C. The van der Waals surface area contributed by atoms with Gasteiger partial charge in [-0.25, -0.2) is 4.98 Å². The summed E-state index contributed by atoms with van der Waals surface area (Å²) in [6.07, 6.45) is 0.840. The summed E-state index contributed by atoms with van der Waals surface area (Å²) in [5.41, 5.74) is 2.92.